The quantitative estimate of drug-likeness (QED) is 0.470. The summed E-state index contributed by atoms with van der Waals surface area (Å²) in [6.07, 6.45) is 1.89. The Morgan fingerprint density at radius 3 is 2.56 bits per heavy atom. The highest BCUT2D eigenvalue weighted by Gasteiger charge is 2.27. The van der Waals surface area contributed by atoms with E-state index in [1.807, 2.05) is 61.5 Å². The van der Waals surface area contributed by atoms with E-state index in [2.05, 4.69) is 35.8 Å². The Hall–Kier alpha value is -3.38. The van der Waals surface area contributed by atoms with Gasteiger partial charge in [-0.2, -0.15) is 0 Å². The lowest BCUT2D eigenvalue weighted by Crippen LogP contribution is -2.31. The third kappa shape index (κ3) is 5.45. The van der Waals surface area contributed by atoms with Crippen LogP contribution in [0, 0.1) is 13.8 Å². The SMILES string of the molecule is COc1ccc(C)cc1NC1NC(=O)/C(=C/c2ccc(OCc3cccc(C)c3)cc2)S1. The Bertz CT molecular complexity index is 1140. The van der Waals surface area contributed by atoms with Gasteiger partial charge in [0.1, 0.15) is 18.1 Å². The molecule has 32 heavy (non-hydrogen) atoms. The van der Waals surface area contributed by atoms with E-state index in [-0.39, 0.29) is 11.4 Å². The van der Waals surface area contributed by atoms with Gasteiger partial charge >= 0.3 is 0 Å². The van der Waals surface area contributed by atoms with Gasteiger partial charge in [0.15, 0.2) is 5.50 Å². The summed E-state index contributed by atoms with van der Waals surface area (Å²) in [7, 11) is 1.63. The number of ether oxygens (including phenoxy) is 2. The van der Waals surface area contributed by atoms with Gasteiger partial charge < -0.3 is 20.1 Å². The first-order valence-electron chi connectivity index (χ1n) is 10.4. The lowest BCUT2D eigenvalue weighted by atomic mass is 10.1. The van der Waals surface area contributed by atoms with E-state index in [9.17, 15) is 4.79 Å². The van der Waals surface area contributed by atoms with Gasteiger partial charge in [-0.25, -0.2) is 0 Å². The number of nitrogens with one attached hydrogen (secondary N) is 2. The molecule has 1 aliphatic heterocycles. The third-order valence-electron chi connectivity index (χ3n) is 5.04. The Labute approximate surface area is 192 Å². The molecule has 1 amide bonds. The van der Waals surface area contributed by atoms with Crippen LogP contribution < -0.4 is 20.1 Å². The summed E-state index contributed by atoms with van der Waals surface area (Å²) in [6.45, 7) is 4.61. The summed E-state index contributed by atoms with van der Waals surface area (Å²) in [5.74, 6) is 1.44. The highest BCUT2D eigenvalue weighted by Crippen LogP contribution is 2.33. The Morgan fingerprint density at radius 1 is 1.03 bits per heavy atom. The zero-order chi connectivity index (χ0) is 22.5. The van der Waals surface area contributed by atoms with Crippen molar-refractivity contribution in [1.82, 2.24) is 5.32 Å². The number of rotatable bonds is 7. The first kappa shape index (κ1) is 21.8. The molecule has 3 aromatic rings. The van der Waals surface area contributed by atoms with Gasteiger partial charge in [-0.1, -0.05) is 59.8 Å². The summed E-state index contributed by atoms with van der Waals surface area (Å²) in [5, 5.41) is 6.30. The van der Waals surface area contributed by atoms with Crippen LogP contribution >= 0.6 is 11.8 Å². The normalized spacial score (nSPS) is 16.7. The van der Waals surface area contributed by atoms with Gasteiger partial charge in [0, 0.05) is 0 Å². The molecule has 3 aromatic carbocycles. The molecule has 1 fully saturated rings. The first-order valence-corrected chi connectivity index (χ1v) is 11.3. The van der Waals surface area contributed by atoms with Crippen LogP contribution in [0.3, 0.4) is 0 Å². The smallest absolute Gasteiger partial charge is 0.260 e. The predicted octanol–water partition coefficient (Wildman–Crippen LogP) is 5.49. The van der Waals surface area contributed by atoms with Crippen molar-refractivity contribution in [3.8, 4) is 11.5 Å². The Morgan fingerprint density at radius 2 is 1.81 bits per heavy atom. The molecule has 0 aliphatic carbocycles. The summed E-state index contributed by atoms with van der Waals surface area (Å²) in [6, 6.07) is 21.9. The molecule has 4 rings (SSSR count). The summed E-state index contributed by atoms with van der Waals surface area (Å²) < 4.78 is 11.3. The number of amides is 1. The van der Waals surface area contributed by atoms with Crippen molar-refractivity contribution in [1.29, 1.82) is 0 Å². The fourth-order valence-corrected chi connectivity index (χ4v) is 4.40. The molecule has 5 nitrogen and oxygen atoms in total. The van der Waals surface area contributed by atoms with E-state index < -0.39 is 0 Å². The molecular weight excluding hydrogens is 420 g/mol. The molecule has 1 unspecified atom stereocenters. The fourth-order valence-electron chi connectivity index (χ4n) is 3.42. The summed E-state index contributed by atoms with van der Waals surface area (Å²) >= 11 is 1.45. The second-order valence-corrected chi connectivity index (χ2v) is 8.82. The molecule has 0 spiro atoms. The van der Waals surface area contributed by atoms with E-state index in [4.69, 9.17) is 9.47 Å². The number of methoxy groups -OCH3 is 1. The summed E-state index contributed by atoms with van der Waals surface area (Å²) in [5.41, 5.74) is 5.00. The standard InChI is InChI=1S/C26H26N2O3S/c1-17-5-4-6-20(13-17)16-31-21-10-8-19(9-11-21)15-24-25(29)28-26(32-24)27-22-14-18(2)7-12-23(22)30-3/h4-15,26-27H,16H2,1-3H3,(H,28,29)/b24-15-. The lowest BCUT2D eigenvalue weighted by molar-refractivity contribution is -0.116. The lowest BCUT2D eigenvalue weighted by Gasteiger charge is -2.16. The summed E-state index contributed by atoms with van der Waals surface area (Å²) in [4.78, 5) is 13.1. The van der Waals surface area contributed by atoms with Gasteiger partial charge in [0.05, 0.1) is 17.7 Å². The highest BCUT2D eigenvalue weighted by atomic mass is 32.2. The van der Waals surface area contributed by atoms with Gasteiger partial charge in [-0.3, -0.25) is 4.79 Å². The van der Waals surface area contributed by atoms with E-state index in [1.165, 1.54) is 17.3 Å². The first-order chi connectivity index (χ1) is 15.5. The van der Waals surface area contributed by atoms with Crippen LogP contribution in [0.15, 0.2) is 71.6 Å². The number of thioether (sulfide) groups is 1. The molecule has 2 N–H and O–H groups in total. The molecule has 1 heterocycles. The largest absolute Gasteiger partial charge is 0.495 e. The van der Waals surface area contributed by atoms with Crippen LogP contribution in [-0.4, -0.2) is 18.5 Å². The number of carbonyl (C=O) groups excluding carboxylic acids is 1. The van der Waals surface area contributed by atoms with Crippen LogP contribution in [0.25, 0.3) is 6.08 Å². The maximum absolute atomic E-state index is 12.5. The zero-order valence-electron chi connectivity index (χ0n) is 18.3. The van der Waals surface area contributed by atoms with Crippen LogP contribution in [0.4, 0.5) is 5.69 Å². The molecular formula is C26H26N2O3S. The van der Waals surface area contributed by atoms with Crippen LogP contribution in [0.1, 0.15) is 22.3 Å². The van der Waals surface area contributed by atoms with E-state index >= 15 is 0 Å². The van der Waals surface area contributed by atoms with Crippen molar-refractivity contribution in [2.45, 2.75) is 26.0 Å². The number of anilines is 1. The molecule has 1 atom stereocenters. The third-order valence-corrected chi connectivity index (χ3v) is 6.07. The van der Waals surface area contributed by atoms with E-state index in [1.54, 1.807) is 7.11 Å². The van der Waals surface area contributed by atoms with Crippen molar-refractivity contribution in [3.63, 3.8) is 0 Å². The van der Waals surface area contributed by atoms with Gasteiger partial charge in [-0.05, 0) is 60.9 Å². The van der Waals surface area contributed by atoms with Crippen LogP contribution in [0.5, 0.6) is 11.5 Å². The molecule has 1 saturated heterocycles. The minimum Gasteiger partial charge on any atom is -0.495 e. The fraction of sp³-hybridized carbons (Fsp3) is 0.192. The van der Waals surface area contributed by atoms with Crippen molar-refractivity contribution in [2.24, 2.45) is 0 Å². The number of hydrogen-bond acceptors (Lipinski definition) is 5. The minimum atomic E-state index is -0.263. The van der Waals surface area contributed by atoms with Crippen LogP contribution in [0.2, 0.25) is 0 Å². The molecule has 164 valence electrons. The maximum Gasteiger partial charge on any atom is 0.260 e. The number of benzene rings is 3. The molecule has 0 bridgehead atoms. The molecule has 1 aliphatic rings. The van der Waals surface area contributed by atoms with E-state index in [0.717, 1.165) is 33.9 Å². The van der Waals surface area contributed by atoms with Crippen LogP contribution in [-0.2, 0) is 11.4 Å². The topological polar surface area (TPSA) is 59.6 Å². The maximum atomic E-state index is 12.5. The second-order valence-electron chi connectivity index (χ2n) is 7.67. The number of hydrogen-bond donors (Lipinski definition) is 2. The van der Waals surface area contributed by atoms with Crippen molar-refractivity contribution in [2.75, 3.05) is 12.4 Å². The van der Waals surface area contributed by atoms with E-state index in [0.29, 0.717) is 11.5 Å². The molecule has 0 aromatic heterocycles. The minimum absolute atomic E-state index is 0.0982. The van der Waals surface area contributed by atoms with Crippen molar-refractivity contribution < 1.29 is 14.3 Å². The zero-order valence-corrected chi connectivity index (χ0v) is 19.2. The van der Waals surface area contributed by atoms with Crippen molar-refractivity contribution in [3.05, 3.63) is 93.9 Å². The number of aryl methyl sites for hydroxylation is 2. The average Bonchev–Trinajstić information content (AvgIpc) is 3.12. The van der Waals surface area contributed by atoms with Gasteiger partial charge in [-0.15, -0.1) is 0 Å². The highest BCUT2D eigenvalue weighted by molar-refractivity contribution is 8.05. The van der Waals surface area contributed by atoms with Gasteiger partial charge in [0.25, 0.3) is 5.91 Å². The monoisotopic (exact) mass is 446 g/mol. The predicted molar refractivity (Wildman–Crippen MR) is 131 cm³/mol. The Kier molecular flexibility index (Phi) is 6.71. The molecule has 0 saturated carbocycles. The number of carbonyl (C=O) groups is 1. The van der Waals surface area contributed by atoms with Crippen molar-refractivity contribution >= 4 is 29.4 Å². The van der Waals surface area contributed by atoms with Gasteiger partial charge in [0.2, 0.25) is 0 Å². The molecule has 6 heteroatoms. The Balaban J connectivity index is 1.38. The molecule has 0 radical (unpaired) electrons. The average molecular weight is 447 g/mol. The second kappa shape index (κ2) is 9.83.